The van der Waals surface area contributed by atoms with E-state index in [9.17, 15) is 8.78 Å². The van der Waals surface area contributed by atoms with Crippen molar-refractivity contribution in [3.63, 3.8) is 0 Å². The Balaban J connectivity index is 1.64. The highest BCUT2D eigenvalue weighted by Crippen LogP contribution is 2.48. The van der Waals surface area contributed by atoms with Gasteiger partial charge in [0.25, 0.3) is 0 Å². The van der Waals surface area contributed by atoms with Crippen molar-refractivity contribution in [2.75, 3.05) is 0 Å². The molecule has 3 heteroatoms. The minimum Gasteiger partial charge on any atom is -0.205 e. The number of fused-ring (bicyclic) bond motifs is 1. The maximum absolute atomic E-state index is 13.9. The molecule has 2 fully saturated rings. The summed E-state index contributed by atoms with van der Waals surface area (Å²) in [5.41, 5.74) is 0.272. The number of halogens is 2. The van der Waals surface area contributed by atoms with Crippen LogP contribution in [0, 0.1) is 40.7 Å². The number of hydrogen-bond donors (Lipinski definition) is 0. The lowest BCUT2D eigenvalue weighted by Crippen LogP contribution is -2.30. The molecule has 1 nitrogen and oxygen atoms in total. The second kappa shape index (κ2) is 8.13. The van der Waals surface area contributed by atoms with Gasteiger partial charge in [-0.2, -0.15) is 5.26 Å². The van der Waals surface area contributed by atoms with Gasteiger partial charge in [-0.1, -0.05) is 25.5 Å². The van der Waals surface area contributed by atoms with E-state index in [1.165, 1.54) is 44.2 Å². The first kappa shape index (κ1) is 18.1. The van der Waals surface area contributed by atoms with Crippen LogP contribution < -0.4 is 0 Å². The number of benzene rings is 1. The van der Waals surface area contributed by atoms with Gasteiger partial charge in [0, 0.05) is 0 Å². The summed E-state index contributed by atoms with van der Waals surface area (Å²) < 4.78 is 27.9. The summed E-state index contributed by atoms with van der Waals surface area (Å²) in [6.45, 7) is 2.21. The third kappa shape index (κ3) is 4.11. The zero-order valence-corrected chi connectivity index (χ0v) is 15.0. The monoisotopic (exact) mass is 343 g/mol. The molecular formula is C22H27F2N. The first-order valence-electron chi connectivity index (χ1n) is 9.68. The van der Waals surface area contributed by atoms with Crippen molar-refractivity contribution in [1.29, 1.82) is 5.26 Å². The molecule has 25 heavy (non-hydrogen) atoms. The minimum absolute atomic E-state index is 0.227. The number of rotatable bonds is 4. The molecule has 0 aliphatic heterocycles. The van der Waals surface area contributed by atoms with E-state index in [2.05, 4.69) is 19.1 Å². The molecule has 0 unspecified atom stereocenters. The number of hydrogen-bond acceptors (Lipinski definition) is 1. The quantitative estimate of drug-likeness (QED) is 0.573. The Morgan fingerprint density at radius 1 is 1.08 bits per heavy atom. The van der Waals surface area contributed by atoms with Crippen LogP contribution in [-0.2, 0) is 0 Å². The Morgan fingerprint density at radius 2 is 1.76 bits per heavy atom. The Labute approximate surface area is 149 Å². The average Bonchev–Trinajstić information content (AvgIpc) is 2.61. The number of allylic oxidation sites excluding steroid dienone is 2. The normalized spacial score (nSPS) is 29.4. The molecule has 0 spiro atoms. The SMILES string of the molecule is CCCC=C[C@@H]1CC[C@@H]2C[C@H](c3cc(F)c(C#N)c(F)c3)CC[C@@H]2C1. The molecule has 0 aromatic heterocycles. The topological polar surface area (TPSA) is 23.8 Å². The van der Waals surface area contributed by atoms with Crippen molar-refractivity contribution in [2.45, 2.75) is 64.2 Å². The van der Waals surface area contributed by atoms with Crippen molar-refractivity contribution < 1.29 is 8.78 Å². The summed E-state index contributed by atoms with van der Waals surface area (Å²) >= 11 is 0. The maximum Gasteiger partial charge on any atom is 0.144 e. The highest BCUT2D eigenvalue weighted by molar-refractivity contribution is 5.36. The van der Waals surface area contributed by atoms with Gasteiger partial charge in [0.1, 0.15) is 23.3 Å². The van der Waals surface area contributed by atoms with E-state index in [0.29, 0.717) is 11.8 Å². The molecule has 134 valence electrons. The average molecular weight is 343 g/mol. The molecule has 0 N–H and O–H groups in total. The lowest BCUT2D eigenvalue weighted by molar-refractivity contribution is 0.133. The second-order valence-electron chi connectivity index (χ2n) is 7.79. The first-order valence-corrected chi connectivity index (χ1v) is 9.68. The van der Waals surface area contributed by atoms with Gasteiger partial charge in [0.15, 0.2) is 0 Å². The molecule has 1 aromatic rings. The van der Waals surface area contributed by atoms with Crippen LogP contribution >= 0.6 is 0 Å². The van der Waals surface area contributed by atoms with Gasteiger partial charge in [-0.15, -0.1) is 0 Å². The molecule has 2 aliphatic carbocycles. The van der Waals surface area contributed by atoms with Crippen molar-refractivity contribution in [1.82, 2.24) is 0 Å². The summed E-state index contributed by atoms with van der Waals surface area (Å²) in [5, 5.41) is 8.82. The fraction of sp³-hybridized carbons (Fsp3) is 0.591. The molecule has 0 heterocycles. The van der Waals surface area contributed by atoms with Crippen LogP contribution in [0.25, 0.3) is 0 Å². The highest BCUT2D eigenvalue weighted by atomic mass is 19.1. The van der Waals surface area contributed by atoms with Gasteiger partial charge in [0.2, 0.25) is 0 Å². The second-order valence-corrected chi connectivity index (χ2v) is 7.79. The Morgan fingerprint density at radius 3 is 2.44 bits per heavy atom. The van der Waals surface area contributed by atoms with Gasteiger partial charge >= 0.3 is 0 Å². The molecule has 0 bridgehead atoms. The summed E-state index contributed by atoms with van der Waals surface area (Å²) in [4.78, 5) is 0. The van der Waals surface area contributed by atoms with Crippen LogP contribution in [0.5, 0.6) is 0 Å². The van der Waals surface area contributed by atoms with E-state index < -0.39 is 17.2 Å². The van der Waals surface area contributed by atoms with Crippen LogP contribution in [0.2, 0.25) is 0 Å². The summed E-state index contributed by atoms with van der Waals surface area (Å²) in [5.74, 6) is 0.943. The summed E-state index contributed by atoms with van der Waals surface area (Å²) in [6, 6.07) is 4.37. The van der Waals surface area contributed by atoms with E-state index in [-0.39, 0.29) is 5.92 Å². The van der Waals surface area contributed by atoms with Gasteiger partial charge in [0.05, 0.1) is 0 Å². The fourth-order valence-corrected chi connectivity index (χ4v) is 4.79. The van der Waals surface area contributed by atoms with Crippen molar-refractivity contribution >= 4 is 0 Å². The molecule has 0 radical (unpaired) electrons. The predicted molar refractivity (Wildman–Crippen MR) is 96.0 cm³/mol. The molecule has 2 saturated carbocycles. The van der Waals surface area contributed by atoms with Crippen LogP contribution in [-0.4, -0.2) is 0 Å². The largest absolute Gasteiger partial charge is 0.205 e. The van der Waals surface area contributed by atoms with Gasteiger partial charge < -0.3 is 0 Å². The zero-order chi connectivity index (χ0) is 17.8. The van der Waals surface area contributed by atoms with Gasteiger partial charge in [-0.05, 0) is 86.3 Å². The smallest absolute Gasteiger partial charge is 0.144 e. The summed E-state index contributed by atoms with van der Waals surface area (Å²) in [6.07, 6.45) is 14.0. The molecule has 3 rings (SSSR count). The molecule has 0 saturated heterocycles. The van der Waals surface area contributed by atoms with Crippen LogP contribution in [0.4, 0.5) is 8.78 Å². The highest BCUT2D eigenvalue weighted by Gasteiger charge is 2.35. The van der Waals surface area contributed by atoms with E-state index in [0.717, 1.165) is 30.7 Å². The van der Waals surface area contributed by atoms with E-state index in [4.69, 9.17) is 5.26 Å². The molecular weight excluding hydrogens is 316 g/mol. The van der Waals surface area contributed by atoms with Crippen LogP contribution in [0.15, 0.2) is 24.3 Å². The van der Waals surface area contributed by atoms with Crippen molar-refractivity contribution in [3.05, 3.63) is 47.0 Å². The zero-order valence-electron chi connectivity index (χ0n) is 15.0. The molecule has 4 atom stereocenters. The summed E-state index contributed by atoms with van der Waals surface area (Å²) in [7, 11) is 0. The van der Waals surface area contributed by atoms with Crippen molar-refractivity contribution in [3.8, 4) is 6.07 Å². The van der Waals surface area contributed by atoms with Gasteiger partial charge in [-0.25, -0.2) is 8.78 Å². The lowest BCUT2D eigenvalue weighted by Gasteiger charge is -2.41. The predicted octanol–water partition coefficient (Wildman–Crippen LogP) is 6.49. The third-order valence-electron chi connectivity index (χ3n) is 6.16. The van der Waals surface area contributed by atoms with Crippen LogP contribution in [0.1, 0.15) is 75.3 Å². The Kier molecular flexibility index (Phi) is 5.89. The molecule has 0 amide bonds. The number of nitrogens with zero attached hydrogens (tertiary/aromatic N) is 1. The molecule has 2 aliphatic rings. The number of nitriles is 1. The molecule has 1 aromatic carbocycles. The Hall–Kier alpha value is -1.69. The van der Waals surface area contributed by atoms with Crippen molar-refractivity contribution in [2.24, 2.45) is 17.8 Å². The minimum atomic E-state index is -0.718. The standard InChI is InChI=1S/C22H27F2N/c1-2-3-4-5-15-6-7-17-11-18(9-8-16(17)10-15)19-12-21(23)20(14-25)22(24)13-19/h4-5,12-13,15-18H,2-3,6-11H2,1H3/t15-,16-,17-,18-/m1/s1. The number of unbranched alkanes of at least 4 members (excludes halogenated alkanes) is 1. The fourth-order valence-electron chi connectivity index (χ4n) is 4.79. The third-order valence-corrected chi connectivity index (χ3v) is 6.16. The Bertz CT molecular complexity index is 650. The first-order chi connectivity index (χ1) is 12.1. The van der Waals surface area contributed by atoms with E-state index >= 15 is 0 Å². The van der Waals surface area contributed by atoms with Crippen LogP contribution in [0.3, 0.4) is 0 Å². The maximum atomic E-state index is 13.9. The van der Waals surface area contributed by atoms with E-state index in [1.807, 2.05) is 0 Å². The lowest BCUT2D eigenvalue weighted by atomic mass is 9.64. The van der Waals surface area contributed by atoms with E-state index in [1.54, 1.807) is 6.07 Å². The van der Waals surface area contributed by atoms with Gasteiger partial charge in [-0.3, -0.25) is 0 Å².